The molecule has 0 aliphatic carbocycles. The molecule has 0 heterocycles. The quantitative estimate of drug-likeness (QED) is 0.623. The molecule has 0 radical (unpaired) electrons. The lowest BCUT2D eigenvalue weighted by molar-refractivity contribution is -0.118. The van der Waals surface area contributed by atoms with Crippen molar-refractivity contribution in [2.45, 2.75) is 25.9 Å². The van der Waals surface area contributed by atoms with Gasteiger partial charge in [-0.05, 0) is 42.3 Å². The van der Waals surface area contributed by atoms with E-state index in [1.807, 2.05) is 49.4 Å². The molecule has 0 aromatic heterocycles. The van der Waals surface area contributed by atoms with E-state index in [1.165, 1.54) is 0 Å². The van der Waals surface area contributed by atoms with E-state index in [9.17, 15) is 18.0 Å². The van der Waals surface area contributed by atoms with Crippen molar-refractivity contribution in [2.75, 3.05) is 5.32 Å². The Morgan fingerprint density at radius 1 is 0.889 bits per heavy atom. The Morgan fingerprint density at radius 2 is 1.59 bits per heavy atom. The fraction of sp³-hybridized carbons (Fsp3) is 0.190. The molecule has 0 aliphatic heterocycles. The normalized spacial score (nSPS) is 13.4. The number of carbonyl (C=O) groups excluding carboxylic acids is 1. The summed E-state index contributed by atoms with van der Waals surface area (Å²) in [7, 11) is 0. The molecular formula is C21H19F3N2O. The van der Waals surface area contributed by atoms with Crippen molar-refractivity contribution in [3.05, 3.63) is 77.6 Å². The molecule has 2 N–H and O–H groups in total. The van der Waals surface area contributed by atoms with Gasteiger partial charge in [0.15, 0.2) is 17.5 Å². The first-order valence-electron chi connectivity index (χ1n) is 8.56. The van der Waals surface area contributed by atoms with E-state index < -0.39 is 35.1 Å². The van der Waals surface area contributed by atoms with E-state index in [0.29, 0.717) is 0 Å². The Kier molecular flexibility index (Phi) is 5.46. The molecule has 0 bridgehead atoms. The maximum atomic E-state index is 13.7. The van der Waals surface area contributed by atoms with Crippen LogP contribution in [0.15, 0.2) is 54.6 Å². The predicted molar refractivity (Wildman–Crippen MR) is 99.9 cm³/mol. The number of nitrogens with one attached hydrogen (secondary N) is 2. The van der Waals surface area contributed by atoms with Crippen molar-refractivity contribution in [3.8, 4) is 0 Å². The predicted octanol–water partition coefficient (Wildman–Crippen LogP) is 4.93. The van der Waals surface area contributed by atoms with Gasteiger partial charge in [-0.15, -0.1) is 0 Å². The lowest BCUT2D eigenvalue weighted by atomic mass is 9.99. The molecule has 3 rings (SSSR count). The van der Waals surface area contributed by atoms with Crippen LogP contribution in [0, 0.1) is 17.5 Å². The molecule has 3 aromatic rings. The van der Waals surface area contributed by atoms with Crippen LogP contribution < -0.4 is 10.6 Å². The van der Waals surface area contributed by atoms with Gasteiger partial charge in [-0.1, -0.05) is 42.5 Å². The molecule has 0 saturated heterocycles. The summed E-state index contributed by atoms with van der Waals surface area (Å²) in [5.41, 5.74) is 0.622. The minimum absolute atomic E-state index is 0.161. The second kappa shape index (κ2) is 7.80. The zero-order valence-corrected chi connectivity index (χ0v) is 14.9. The van der Waals surface area contributed by atoms with Crippen LogP contribution in [0.5, 0.6) is 0 Å². The molecule has 3 aromatic carbocycles. The van der Waals surface area contributed by atoms with Crippen LogP contribution in [0.1, 0.15) is 25.5 Å². The summed E-state index contributed by atoms with van der Waals surface area (Å²) < 4.78 is 40.0. The molecular weight excluding hydrogens is 353 g/mol. The summed E-state index contributed by atoms with van der Waals surface area (Å²) in [4.78, 5) is 12.3. The number of anilines is 1. The molecule has 140 valence electrons. The number of halogens is 3. The first kappa shape index (κ1) is 18.9. The minimum atomic E-state index is -1.61. The van der Waals surface area contributed by atoms with E-state index in [1.54, 1.807) is 6.92 Å². The van der Waals surface area contributed by atoms with Gasteiger partial charge in [-0.25, -0.2) is 13.2 Å². The molecule has 0 spiro atoms. The number of rotatable bonds is 5. The Labute approximate surface area is 155 Å². The highest BCUT2D eigenvalue weighted by Crippen LogP contribution is 2.25. The summed E-state index contributed by atoms with van der Waals surface area (Å²) in [6, 6.07) is 14.7. The van der Waals surface area contributed by atoms with E-state index in [2.05, 4.69) is 10.6 Å². The highest BCUT2D eigenvalue weighted by molar-refractivity contribution is 5.94. The van der Waals surface area contributed by atoms with Crippen LogP contribution >= 0.6 is 0 Å². The molecule has 27 heavy (non-hydrogen) atoms. The third-order valence-electron chi connectivity index (χ3n) is 4.48. The van der Waals surface area contributed by atoms with Crippen LogP contribution in [-0.4, -0.2) is 11.9 Å². The van der Waals surface area contributed by atoms with Gasteiger partial charge in [0, 0.05) is 6.04 Å². The Balaban J connectivity index is 1.73. The van der Waals surface area contributed by atoms with Crippen molar-refractivity contribution < 1.29 is 18.0 Å². The van der Waals surface area contributed by atoms with Crippen molar-refractivity contribution in [1.29, 1.82) is 0 Å². The Morgan fingerprint density at radius 3 is 2.37 bits per heavy atom. The summed E-state index contributed by atoms with van der Waals surface area (Å²) in [6.45, 7) is 3.54. The Hall–Kier alpha value is -2.86. The largest absolute Gasteiger partial charge is 0.322 e. The summed E-state index contributed by atoms with van der Waals surface area (Å²) in [5.74, 6) is -4.89. The lowest BCUT2D eigenvalue weighted by Gasteiger charge is -2.21. The van der Waals surface area contributed by atoms with E-state index in [4.69, 9.17) is 0 Å². The van der Waals surface area contributed by atoms with Gasteiger partial charge in [0.05, 0.1) is 11.7 Å². The fourth-order valence-electron chi connectivity index (χ4n) is 3.03. The number of amides is 1. The molecule has 2 atom stereocenters. The number of benzene rings is 3. The van der Waals surface area contributed by atoms with Gasteiger partial charge in [0.25, 0.3) is 0 Å². The topological polar surface area (TPSA) is 41.1 Å². The third kappa shape index (κ3) is 3.95. The van der Waals surface area contributed by atoms with E-state index in [0.717, 1.165) is 28.5 Å². The number of fused-ring (bicyclic) bond motifs is 1. The van der Waals surface area contributed by atoms with Crippen LogP contribution in [0.2, 0.25) is 0 Å². The van der Waals surface area contributed by atoms with E-state index >= 15 is 0 Å². The molecule has 0 fully saturated rings. The van der Waals surface area contributed by atoms with Gasteiger partial charge >= 0.3 is 0 Å². The lowest BCUT2D eigenvalue weighted by Crippen LogP contribution is -2.39. The number of hydrogen-bond donors (Lipinski definition) is 2. The van der Waals surface area contributed by atoms with Crippen LogP contribution in [0.4, 0.5) is 18.9 Å². The summed E-state index contributed by atoms with van der Waals surface area (Å²) in [6.07, 6.45) is 0. The van der Waals surface area contributed by atoms with E-state index in [-0.39, 0.29) is 6.04 Å². The molecule has 1 amide bonds. The number of carbonyl (C=O) groups is 1. The maximum absolute atomic E-state index is 13.7. The summed E-state index contributed by atoms with van der Waals surface area (Å²) in [5, 5.41) is 7.60. The first-order valence-corrected chi connectivity index (χ1v) is 8.56. The SMILES string of the molecule is C[C@@H](N[C@H](C)c1cccc2ccccc12)C(=O)Nc1ccc(F)c(F)c1F. The van der Waals surface area contributed by atoms with Crippen LogP contribution in [0.25, 0.3) is 10.8 Å². The minimum Gasteiger partial charge on any atom is -0.322 e. The average Bonchev–Trinajstić information content (AvgIpc) is 2.67. The molecule has 0 unspecified atom stereocenters. The smallest absolute Gasteiger partial charge is 0.241 e. The molecule has 3 nitrogen and oxygen atoms in total. The zero-order valence-electron chi connectivity index (χ0n) is 14.9. The second-order valence-corrected chi connectivity index (χ2v) is 6.39. The zero-order chi connectivity index (χ0) is 19.6. The first-order chi connectivity index (χ1) is 12.9. The third-order valence-corrected chi connectivity index (χ3v) is 4.48. The monoisotopic (exact) mass is 372 g/mol. The average molecular weight is 372 g/mol. The maximum Gasteiger partial charge on any atom is 0.241 e. The number of hydrogen-bond acceptors (Lipinski definition) is 2. The Bertz CT molecular complexity index is 985. The summed E-state index contributed by atoms with van der Waals surface area (Å²) >= 11 is 0. The highest BCUT2D eigenvalue weighted by atomic mass is 19.2. The van der Waals surface area contributed by atoms with Crippen LogP contribution in [0.3, 0.4) is 0 Å². The standard InChI is InChI=1S/C21H19F3N2O/c1-12(15-9-5-7-14-6-3-4-8-16(14)15)25-13(2)21(27)26-18-11-10-17(22)19(23)20(18)24/h3-13,25H,1-2H3,(H,26,27)/t12-,13-/m1/s1. The highest BCUT2D eigenvalue weighted by Gasteiger charge is 2.20. The molecule has 0 aliphatic rings. The van der Waals surface area contributed by atoms with Gasteiger partial charge in [0.2, 0.25) is 5.91 Å². The molecule has 0 saturated carbocycles. The molecule has 6 heteroatoms. The van der Waals surface area contributed by atoms with Crippen molar-refractivity contribution in [1.82, 2.24) is 5.32 Å². The van der Waals surface area contributed by atoms with Gasteiger partial charge in [0.1, 0.15) is 0 Å². The van der Waals surface area contributed by atoms with Gasteiger partial charge in [-0.2, -0.15) is 0 Å². The van der Waals surface area contributed by atoms with Crippen LogP contribution in [-0.2, 0) is 4.79 Å². The van der Waals surface area contributed by atoms with Gasteiger partial charge < -0.3 is 5.32 Å². The van der Waals surface area contributed by atoms with Gasteiger partial charge in [-0.3, -0.25) is 10.1 Å². The fourth-order valence-corrected chi connectivity index (χ4v) is 3.03. The van der Waals surface area contributed by atoms with Crippen molar-refractivity contribution >= 4 is 22.4 Å². The van der Waals surface area contributed by atoms with Crippen molar-refractivity contribution in [3.63, 3.8) is 0 Å². The van der Waals surface area contributed by atoms with Crippen molar-refractivity contribution in [2.24, 2.45) is 0 Å². The second-order valence-electron chi connectivity index (χ2n) is 6.39.